The van der Waals surface area contributed by atoms with E-state index >= 15 is 0 Å². The minimum atomic E-state index is -0.709. The summed E-state index contributed by atoms with van der Waals surface area (Å²) >= 11 is 0. The van der Waals surface area contributed by atoms with Crippen LogP contribution in [0.4, 0.5) is 4.79 Å². The van der Waals surface area contributed by atoms with Gasteiger partial charge in [-0.25, -0.2) is 10.2 Å². The zero-order valence-corrected chi connectivity index (χ0v) is 9.58. The number of hydrazone groups is 1. The maximum atomic E-state index is 10.8. The average molecular weight is 240 g/mol. The Hall–Kier alpha value is -2.69. The van der Waals surface area contributed by atoms with Gasteiger partial charge in [0.05, 0.1) is 5.69 Å². The normalized spacial score (nSPS) is 11.0. The number of carbonyl (C=O) groups excluding carboxylic acids is 1. The first-order valence-electron chi connectivity index (χ1n) is 5.37. The van der Waals surface area contributed by atoms with Gasteiger partial charge in [0.25, 0.3) is 0 Å². The molecule has 5 nitrogen and oxygen atoms in total. The van der Waals surface area contributed by atoms with Crippen molar-refractivity contribution in [3.63, 3.8) is 0 Å². The average Bonchev–Trinajstić information content (AvgIpc) is 2.41. The molecule has 2 amide bonds. The topological polar surface area (TPSA) is 80.4 Å². The summed E-state index contributed by atoms with van der Waals surface area (Å²) < 4.78 is 0. The van der Waals surface area contributed by atoms with Gasteiger partial charge in [-0.3, -0.25) is 4.98 Å². The van der Waals surface area contributed by atoms with Crippen LogP contribution in [0.3, 0.4) is 0 Å². The van der Waals surface area contributed by atoms with Crippen LogP contribution in [0.1, 0.15) is 11.3 Å². The van der Waals surface area contributed by atoms with E-state index in [0.717, 1.165) is 5.56 Å². The maximum absolute atomic E-state index is 10.8. The Morgan fingerprint density at radius 2 is 1.83 bits per heavy atom. The summed E-state index contributed by atoms with van der Waals surface area (Å²) in [6, 6.07) is 14.2. The zero-order chi connectivity index (χ0) is 12.8. The molecule has 1 aromatic carbocycles. The molecule has 2 aromatic rings. The van der Waals surface area contributed by atoms with Crippen LogP contribution in [0.5, 0.6) is 0 Å². The lowest BCUT2D eigenvalue weighted by Gasteiger charge is -2.05. The molecule has 0 fully saturated rings. The highest BCUT2D eigenvalue weighted by atomic mass is 16.2. The van der Waals surface area contributed by atoms with Crippen molar-refractivity contribution >= 4 is 11.7 Å². The molecule has 2 rings (SSSR count). The molecule has 0 saturated heterocycles. The van der Waals surface area contributed by atoms with Crippen molar-refractivity contribution in [3.05, 3.63) is 66.0 Å². The van der Waals surface area contributed by atoms with Gasteiger partial charge in [-0.05, 0) is 12.1 Å². The molecular formula is C13H12N4O. The molecule has 0 aliphatic heterocycles. The Labute approximate surface area is 104 Å². The first-order chi connectivity index (χ1) is 8.77. The molecule has 1 aromatic heterocycles. The summed E-state index contributed by atoms with van der Waals surface area (Å²) in [7, 11) is 0. The van der Waals surface area contributed by atoms with Crippen LogP contribution in [0, 0.1) is 0 Å². The number of hydrogen-bond donors (Lipinski definition) is 2. The first kappa shape index (κ1) is 11.8. The van der Waals surface area contributed by atoms with E-state index in [-0.39, 0.29) is 0 Å². The van der Waals surface area contributed by atoms with E-state index in [1.807, 2.05) is 48.5 Å². The van der Waals surface area contributed by atoms with Crippen molar-refractivity contribution in [2.75, 3.05) is 0 Å². The predicted molar refractivity (Wildman–Crippen MR) is 69.0 cm³/mol. The summed E-state index contributed by atoms with van der Waals surface area (Å²) in [6.45, 7) is 0. The number of aromatic nitrogens is 1. The second kappa shape index (κ2) is 5.58. The minimum Gasteiger partial charge on any atom is -0.350 e. The van der Waals surface area contributed by atoms with Crippen molar-refractivity contribution in [2.45, 2.75) is 0 Å². The van der Waals surface area contributed by atoms with Crippen molar-refractivity contribution in [2.24, 2.45) is 10.8 Å². The summed E-state index contributed by atoms with van der Waals surface area (Å²) in [5.74, 6) is 0. The lowest BCUT2D eigenvalue weighted by atomic mass is 10.1. The fourth-order valence-corrected chi connectivity index (χ4v) is 1.48. The van der Waals surface area contributed by atoms with Crippen LogP contribution in [0.15, 0.2) is 59.8 Å². The van der Waals surface area contributed by atoms with E-state index in [9.17, 15) is 4.79 Å². The van der Waals surface area contributed by atoms with E-state index in [4.69, 9.17) is 5.73 Å². The molecule has 90 valence electrons. The fourth-order valence-electron chi connectivity index (χ4n) is 1.48. The smallest absolute Gasteiger partial charge is 0.332 e. The van der Waals surface area contributed by atoms with Crippen molar-refractivity contribution < 1.29 is 4.79 Å². The van der Waals surface area contributed by atoms with Crippen molar-refractivity contribution in [1.29, 1.82) is 0 Å². The molecule has 0 aliphatic rings. The molecule has 5 heteroatoms. The van der Waals surface area contributed by atoms with Gasteiger partial charge in [0.1, 0.15) is 5.71 Å². The summed E-state index contributed by atoms with van der Waals surface area (Å²) in [4.78, 5) is 15.0. The highest BCUT2D eigenvalue weighted by Gasteiger charge is 2.07. The number of primary amides is 1. The minimum absolute atomic E-state index is 0.565. The number of pyridine rings is 1. The summed E-state index contributed by atoms with van der Waals surface area (Å²) in [5, 5.41) is 3.99. The summed E-state index contributed by atoms with van der Waals surface area (Å²) in [6.07, 6.45) is 1.66. The molecule has 1 heterocycles. The number of benzene rings is 1. The van der Waals surface area contributed by atoms with Gasteiger partial charge in [0.2, 0.25) is 0 Å². The van der Waals surface area contributed by atoms with Gasteiger partial charge in [-0.2, -0.15) is 5.10 Å². The lowest BCUT2D eigenvalue weighted by Crippen LogP contribution is -2.26. The molecule has 0 atom stereocenters. The van der Waals surface area contributed by atoms with Gasteiger partial charge >= 0.3 is 6.03 Å². The van der Waals surface area contributed by atoms with Gasteiger partial charge in [-0.1, -0.05) is 36.4 Å². The molecule has 0 saturated carbocycles. The number of nitrogens with one attached hydrogen (secondary N) is 1. The van der Waals surface area contributed by atoms with E-state index in [1.165, 1.54) is 0 Å². The molecule has 0 spiro atoms. The second-order valence-corrected chi connectivity index (χ2v) is 3.52. The van der Waals surface area contributed by atoms with E-state index in [2.05, 4.69) is 15.5 Å². The number of nitrogens with zero attached hydrogens (tertiary/aromatic N) is 2. The second-order valence-electron chi connectivity index (χ2n) is 3.52. The molecule has 18 heavy (non-hydrogen) atoms. The Balaban J connectivity index is 2.42. The largest absolute Gasteiger partial charge is 0.350 e. The highest BCUT2D eigenvalue weighted by molar-refractivity contribution is 6.11. The Bertz CT molecular complexity index is 510. The van der Waals surface area contributed by atoms with Crippen LogP contribution in [0.25, 0.3) is 0 Å². The SMILES string of the molecule is NC(=O)N/N=C(\c1ccccc1)c1ccccn1. The van der Waals surface area contributed by atoms with Gasteiger partial charge in [0.15, 0.2) is 0 Å². The number of hydrogen-bond acceptors (Lipinski definition) is 3. The molecular weight excluding hydrogens is 228 g/mol. The van der Waals surface area contributed by atoms with Crippen LogP contribution in [-0.2, 0) is 0 Å². The first-order valence-corrected chi connectivity index (χ1v) is 5.37. The Morgan fingerprint density at radius 1 is 1.11 bits per heavy atom. The Kier molecular flexibility index (Phi) is 3.66. The third-order valence-electron chi connectivity index (χ3n) is 2.23. The molecule has 0 radical (unpaired) electrons. The third kappa shape index (κ3) is 2.91. The number of carbonyl (C=O) groups is 1. The van der Waals surface area contributed by atoms with E-state index in [1.54, 1.807) is 6.20 Å². The Morgan fingerprint density at radius 3 is 2.44 bits per heavy atom. The number of urea groups is 1. The zero-order valence-electron chi connectivity index (χ0n) is 9.58. The van der Waals surface area contributed by atoms with Crippen LogP contribution in [0.2, 0.25) is 0 Å². The maximum Gasteiger partial charge on any atom is 0.332 e. The van der Waals surface area contributed by atoms with E-state index in [0.29, 0.717) is 11.4 Å². The molecule has 3 N–H and O–H groups in total. The number of amides is 2. The number of nitrogens with two attached hydrogens (primary N) is 1. The van der Waals surface area contributed by atoms with Crippen LogP contribution in [-0.4, -0.2) is 16.7 Å². The van der Waals surface area contributed by atoms with Crippen LogP contribution >= 0.6 is 0 Å². The van der Waals surface area contributed by atoms with E-state index < -0.39 is 6.03 Å². The number of rotatable bonds is 3. The monoisotopic (exact) mass is 240 g/mol. The van der Waals surface area contributed by atoms with Crippen LogP contribution < -0.4 is 11.2 Å². The van der Waals surface area contributed by atoms with Gasteiger partial charge in [0, 0.05) is 11.8 Å². The quantitative estimate of drug-likeness (QED) is 0.629. The fraction of sp³-hybridized carbons (Fsp3) is 0. The molecule has 0 aliphatic carbocycles. The standard InChI is InChI=1S/C13H12N4O/c14-13(18)17-16-12(10-6-2-1-3-7-10)11-8-4-5-9-15-11/h1-9H,(H3,14,17,18)/b16-12+. The summed E-state index contributed by atoms with van der Waals surface area (Å²) in [5.41, 5.74) is 9.33. The van der Waals surface area contributed by atoms with Gasteiger partial charge < -0.3 is 5.73 Å². The predicted octanol–water partition coefficient (Wildman–Crippen LogP) is 1.50. The highest BCUT2D eigenvalue weighted by Crippen LogP contribution is 2.07. The third-order valence-corrected chi connectivity index (χ3v) is 2.23. The molecule has 0 unspecified atom stereocenters. The molecule has 0 bridgehead atoms. The van der Waals surface area contributed by atoms with Crippen molar-refractivity contribution in [3.8, 4) is 0 Å². The van der Waals surface area contributed by atoms with Gasteiger partial charge in [-0.15, -0.1) is 0 Å². The van der Waals surface area contributed by atoms with Crippen molar-refractivity contribution in [1.82, 2.24) is 10.4 Å². The lowest BCUT2D eigenvalue weighted by molar-refractivity contribution is 0.249.